The summed E-state index contributed by atoms with van der Waals surface area (Å²) in [4.78, 5) is 2.39. The first-order valence-corrected chi connectivity index (χ1v) is 6.42. The van der Waals surface area contributed by atoms with Crippen molar-refractivity contribution in [2.75, 3.05) is 24.6 Å². The van der Waals surface area contributed by atoms with Crippen molar-refractivity contribution in [2.45, 2.75) is 32.4 Å². The highest BCUT2D eigenvalue weighted by molar-refractivity contribution is 5.48. The van der Waals surface area contributed by atoms with E-state index in [0.717, 1.165) is 26.1 Å². The molecule has 2 atom stereocenters. The molecular formula is C14H22N2O. The summed E-state index contributed by atoms with van der Waals surface area (Å²) >= 11 is 0. The quantitative estimate of drug-likeness (QED) is 0.872. The third-order valence-corrected chi connectivity index (χ3v) is 3.38. The number of benzene rings is 1. The van der Waals surface area contributed by atoms with Gasteiger partial charge in [0.25, 0.3) is 0 Å². The number of hydrogen-bond acceptors (Lipinski definition) is 3. The highest BCUT2D eigenvalue weighted by Crippen LogP contribution is 2.21. The number of ether oxygens (including phenoxy) is 1. The molecule has 1 unspecified atom stereocenters. The Hall–Kier alpha value is -1.06. The summed E-state index contributed by atoms with van der Waals surface area (Å²) < 4.78 is 5.68. The van der Waals surface area contributed by atoms with Crippen LogP contribution in [-0.2, 0) is 4.74 Å². The zero-order valence-electron chi connectivity index (χ0n) is 10.7. The maximum Gasteiger partial charge on any atom is 0.0748 e. The van der Waals surface area contributed by atoms with Crippen molar-refractivity contribution in [2.24, 2.45) is 5.73 Å². The fourth-order valence-corrected chi connectivity index (χ4v) is 2.19. The van der Waals surface area contributed by atoms with E-state index in [9.17, 15) is 0 Å². The molecular weight excluding hydrogens is 212 g/mol. The lowest BCUT2D eigenvalue weighted by molar-refractivity contribution is 0.0384. The largest absolute Gasteiger partial charge is 0.375 e. The molecule has 0 bridgehead atoms. The van der Waals surface area contributed by atoms with Gasteiger partial charge in [-0.1, -0.05) is 19.1 Å². The smallest absolute Gasteiger partial charge is 0.0748 e. The lowest BCUT2D eigenvalue weighted by atomic mass is 10.1. The molecule has 0 aromatic heterocycles. The minimum absolute atomic E-state index is 0.108. The zero-order chi connectivity index (χ0) is 12.3. The van der Waals surface area contributed by atoms with E-state index in [1.807, 2.05) is 6.92 Å². The molecule has 0 saturated carbocycles. The first-order valence-electron chi connectivity index (χ1n) is 6.42. The second kappa shape index (κ2) is 5.52. The van der Waals surface area contributed by atoms with Gasteiger partial charge in [-0.15, -0.1) is 0 Å². The van der Waals surface area contributed by atoms with Crippen molar-refractivity contribution in [1.29, 1.82) is 0 Å². The van der Waals surface area contributed by atoms with Crippen LogP contribution in [0, 0.1) is 0 Å². The number of rotatable bonds is 3. The van der Waals surface area contributed by atoms with Gasteiger partial charge in [0.1, 0.15) is 0 Å². The molecule has 3 heteroatoms. The molecule has 17 heavy (non-hydrogen) atoms. The van der Waals surface area contributed by atoms with Crippen LogP contribution in [0.1, 0.15) is 31.9 Å². The summed E-state index contributed by atoms with van der Waals surface area (Å²) in [5.74, 6) is 0. The normalized spacial score (nSPS) is 22.5. The monoisotopic (exact) mass is 234 g/mol. The molecule has 0 spiro atoms. The summed E-state index contributed by atoms with van der Waals surface area (Å²) in [7, 11) is 0. The lowest BCUT2D eigenvalue weighted by Crippen LogP contribution is -2.42. The highest BCUT2D eigenvalue weighted by atomic mass is 16.5. The van der Waals surface area contributed by atoms with Crippen LogP contribution in [0.15, 0.2) is 24.3 Å². The maximum atomic E-state index is 5.85. The molecule has 1 aromatic carbocycles. The third kappa shape index (κ3) is 2.99. The number of hydrogen-bond donors (Lipinski definition) is 1. The minimum Gasteiger partial charge on any atom is -0.375 e. The van der Waals surface area contributed by atoms with E-state index in [-0.39, 0.29) is 6.04 Å². The minimum atomic E-state index is 0.108. The first-order chi connectivity index (χ1) is 8.20. The summed E-state index contributed by atoms with van der Waals surface area (Å²) in [5.41, 5.74) is 8.32. The van der Waals surface area contributed by atoms with Gasteiger partial charge in [0.15, 0.2) is 0 Å². The first kappa shape index (κ1) is 12.4. The van der Waals surface area contributed by atoms with Crippen LogP contribution >= 0.6 is 0 Å². The molecule has 3 nitrogen and oxygen atoms in total. The molecule has 1 heterocycles. The molecule has 1 fully saturated rings. The SMILES string of the molecule is CCC1CN(c2ccc([C@@H](C)N)cc2)CCO1. The molecule has 1 aliphatic heterocycles. The lowest BCUT2D eigenvalue weighted by Gasteiger charge is -2.34. The van der Waals surface area contributed by atoms with E-state index in [1.54, 1.807) is 0 Å². The van der Waals surface area contributed by atoms with Gasteiger partial charge in [0.05, 0.1) is 12.7 Å². The topological polar surface area (TPSA) is 38.5 Å². The van der Waals surface area contributed by atoms with Crippen LogP contribution in [0.2, 0.25) is 0 Å². The van der Waals surface area contributed by atoms with E-state index in [0.29, 0.717) is 6.10 Å². The molecule has 1 aliphatic rings. The molecule has 2 rings (SSSR count). The average Bonchev–Trinajstić information content (AvgIpc) is 2.39. The van der Waals surface area contributed by atoms with E-state index in [2.05, 4.69) is 36.1 Å². The molecule has 0 amide bonds. The van der Waals surface area contributed by atoms with Crippen molar-refractivity contribution in [3.8, 4) is 0 Å². The number of nitrogens with zero attached hydrogens (tertiary/aromatic N) is 1. The highest BCUT2D eigenvalue weighted by Gasteiger charge is 2.18. The van der Waals surface area contributed by atoms with Crippen molar-refractivity contribution in [1.82, 2.24) is 0 Å². The predicted molar refractivity (Wildman–Crippen MR) is 71.3 cm³/mol. The fourth-order valence-electron chi connectivity index (χ4n) is 2.19. The van der Waals surface area contributed by atoms with Gasteiger partial charge in [-0.25, -0.2) is 0 Å². The standard InChI is InChI=1S/C14H22N2O/c1-3-14-10-16(8-9-17-14)13-6-4-12(5-7-13)11(2)15/h4-7,11,14H,3,8-10,15H2,1-2H3/t11-,14?/m1/s1. The molecule has 1 saturated heterocycles. The van der Waals surface area contributed by atoms with Gasteiger partial charge in [0, 0.05) is 24.8 Å². The Kier molecular flexibility index (Phi) is 4.02. The van der Waals surface area contributed by atoms with Gasteiger partial charge in [-0.05, 0) is 31.0 Å². The number of morpholine rings is 1. The second-order valence-electron chi connectivity index (χ2n) is 4.73. The Morgan fingerprint density at radius 2 is 2.12 bits per heavy atom. The van der Waals surface area contributed by atoms with E-state index < -0.39 is 0 Å². The Bertz CT molecular complexity index is 348. The Balaban J connectivity index is 2.06. The van der Waals surface area contributed by atoms with Gasteiger partial charge < -0.3 is 15.4 Å². The van der Waals surface area contributed by atoms with Crippen LogP contribution in [0.5, 0.6) is 0 Å². The van der Waals surface area contributed by atoms with Crippen molar-refractivity contribution in [3.63, 3.8) is 0 Å². The summed E-state index contributed by atoms with van der Waals surface area (Å²) in [5, 5.41) is 0. The van der Waals surface area contributed by atoms with Crippen LogP contribution in [0.4, 0.5) is 5.69 Å². The Morgan fingerprint density at radius 1 is 1.41 bits per heavy atom. The fraction of sp³-hybridized carbons (Fsp3) is 0.571. The molecule has 2 N–H and O–H groups in total. The van der Waals surface area contributed by atoms with Crippen molar-refractivity contribution < 1.29 is 4.74 Å². The Morgan fingerprint density at radius 3 is 2.71 bits per heavy atom. The van der Waals surface area contributed by atoms with E-state index in [1.165, 1.54) is 11.3 Å². The third-order valence-electron chi connectivity index (χ3n) is 3.38. The summed E-state index contributed by atoms with van der Waals surface area (Å²) in [6, 6.07) is 8.68. The van der Waals surface area contributed by atoms with Crippen LogP contribution < -0.4 is 10.6 Å². The molecule has 0 aliphatic carbocycles. The average molecular weight is 234 g/mol. The molecule has 0 radical (unpaired) electrons. The Labute approximate surface area is 104 Å². The number of nitrogens with two attached hydrogens (primary N) is 1. The second-order valence-corrected chi connectivity index (χ2v) is 4.73. The predicted octanol–water partition coefficient (Wildman–Crippen LogP) is 2.32. The van der Waals surface area contributed by atoms with Crippen LogP contribution in [-0.4, -0.2) is 25.8 Å². The zero-order valence-corrected chi connectivity index (χ0v) is 10.7. The van der Waals surface area contributed by atoms with Gasteiger partial charge in [-0.3, -0.25) is 0 Å². The van der Waals surface area contributed by atoms with Gasteiger partial charge in [0.2, 0.25) is 0 Å². The summed E-state index contributed by atoms with van der Waals surface area (Å²) in [6.07, 6.45) is 1.45. The van der Waals surface area contributed by atoms with Gasteiger partial charge in [-0.2, -0.15) is 0 Å². The molecule has 1 aromatic rings. The maximum absolute atomic E-state index is 5.85. The van der Waals surface area contributed by atoms with Gasteiger partial charge >= 0.3 is 0 Å². The van der Waals surface area contributed by atoms with Crippen LogP contribution in [0.3, 0.4) is 0 Å². The summed E-state index contributed by atoms with van der Waals surface area (Å²) in [6.45, 7) is 6.99. The van der Waals surface area contributed by atoms with Crippen molar-refractivity contribution >= 4 is 5.69 Å². The van der Waals surface area contributed by atoms with E-state index in [4.69, 9.17) is 10.5 Å². The molecule has 94 valence electrons. The van der Waals surface area contributed by atoms with Crippen LogP contribution in [0.25, 0.3) is 0 Å². The number of anilines is 1. The van der Waals surface area contributed by atoms with E-state index >= 15 is 0 Å². The van der Waals surface area contributed by atoms with Crippen molar-refractivity contribution in [3.05, 3.63) is 29.8 Å².